The lowest BCUT2D eigenvalue weighted by atomic mass is 10.2. The zero-order valence-corrected chi connectivity index (χ0v) is 12.8. The highest BCUT2D eigenvalue weighted by Crippen LogP contribution is 2.24. The Morgan fingerprint density at radius 1 is 1.44 bits per heavy atom. The Labute approximate surface area is 115 Å². The molecular weight excluding hydrogens is 244 g/mol. The second-order valence-electron chi connectivity index (χ2n) is 4.60. The van der Waals surface area contributed by atoms with Crippen molar-refractivity contribution in [3.05, 3.63) is 5.69 Å². The van der Waals surface area contributed by atoms with Gasteiger partial charge in [-0.2, -0.15) is 16.9 Å². The first-order valence-electron chi connectivity index (χ1n) is 6.77. The molecule has 5 heteroatoms. The van der Waals surface area contributed by atoms with Gasteiger partial charge in [-0.25, -0.2) is 4.68 Å². The Morgan fingerprint density at radius 2 is 2.17 bits per heavy atom. The zero-order valence-electron chi connectivity index (χ0n) is 12.0. The number of hydrogen-bond acceptors (Lipinski definition) is 4. The van der Waals surface area contributed by atoms with Crippen LogP contribution < -0.4 is 11.1 Å². The van der Waals surface area contributed by atoms with Crippen molar-refractivity contribution in [2.24, 2.45) is 0 Å². The van der Waals surface area contributed by atoms with Gasteiger partial charge in [-0.1, -0.05) is 13.8 Å². The number of nitrogens with two attached hydrogens (primary N) is 1. The van der Waals surface area contributed by atoms with E-state index in [1.54, 1.807) is 0 Å². The fraction of sp³-hybridized carbons (Fsp3) is 0.769. The molecule has 104 valence electrons. The van der Waals surface area contributed by atoms with E-state index in [9.17, 15) is 0 Å². The van der Waals surface area contributed by atoms with Crippen molar-refractivity contribution in [2.75, 3.05) is 22.6 Å². The molecule has 1 rings (SSSR count). The molecule has 0 amide bonds. The van der Waals surface area contributed by atoms with Gasteiger partial charge in [-0.15, -0.1) is 0 Å². The van der Waals surface area contributed by atoms with Gasteiger partial charge < -0.3 is 11.1 Å². The highest BCUT2D eigenvalue weighted by atomic mass is 32.2. The molecule has 1 aromatic rings. The number of aromatic nitrogens is 2. The van der Waals surface area contributed by atoms with Crippen LogP contribution in [0.2, 0.25) is 0 Å². The average molecular weight is 270 g/mol. The van der Waals surface area contributed by atoms with Gasteiger partial charge in [0.2, 0.25) is 0 Å². The van der Waals surface area contributed by atoms with Crippen LogP contribution in [0.25, 0.3) is 0 Å². The molecule has 0 spiro atoms. The van der Waals surface area contributed by atoms with Gasteiger partial charge in [0.1, 0.15) is 5.82 Å². The van der Waals surface area contributed by atoms with E-state index >= 15 is 0 Å². The van der Waals surface area contributed by atoms with Crippen LogP contribution in [0.15, 0.2) is 0 Å². The molecule has 0 aliphatic carbocycles. The van der Waals surface area contributed by atoms with Crippen LogP contribution in [-0.2, 0) is 6.54 Å². The summed E-state index contributed by atoms with van der Waals surface area (Å²) < 4.78 is 1.99. The van der Waals surface area contributed by atoms with E-state index in [0.29, 0.717) is 6.04 Å². The Hall–Kier alpha value is -0.840. The third-order valence-electron chi connectivity index (χ3n) is 2.89. The van der Waals surface area contributed by atoms with E-state index in [2.05, 4.69) is 31.2 Å². The minimum atomic E-state index is 0.429. The summed E-state index contributed by atoms with van der Waals surface area (Å²) in [5, 5.41) is 7.98. The lowest BCUT2D eigenvalue weighted by Crippen LogP contribution is -2.19. The van der Waals surface area contributed by atoms with Crippen molar-refractivity contribution in [3.8, 4) is 0 Å². The maximum atomic E-state index is 6.09. The third-order valence-corrected chi connectivity index (χ3v) is 3.82. The Kier molecular flexibility index (Phi) is 6.39. The minimum Gasteiger partial charge on any atom is -0.394 e. The van der Waals surface area contributed by atoms with Crippen molar-refractivity contribution in [1.29, 1.82) is 0 Å². The molecule has 0 aromatic carbocycles. The van der Waals surface area contributed by atoms with Gasteiger partial charge in [0, 0.05) is 12.6 Å². The number of aryl methyl sites for hydroxylation is 2. The molecule has 0 aliphatic heterocycles. The van der Waals surface area contributed by atoms with Crippen molar-refractivity contribution < 1.29 is 0 Å². The molecule has 1 aromatic heterocycles. The number of nitrogens with one attached hydrogen (secondary N) is 1. The largest absolute Gasteiger partial charge is 0.394 e. The monoisotopic (exact) mass is 270 g/mol. The summed E-state index contributed by atoms with van der Waals surface area (Å²) in [5.41, 5.74) is 7.79. The van der Waals surface area contributed by atoms with Crippen LogP contribution >= 0.6 is 11.8 Å². The maximum absolute atomic E-state index is 6.09. The van der Waals surface area contributed by atoms with Gasteiger partial charge in [0.25, 0.3) is 0 Å². The average Bonchev–Trinajstić information content (AvgIpc) is 2.58. The molecule has 4 nitrogen and oxygen atoms in total. The Bertz CT molecular complexity index is 362. The lowest BCUT2D eigenvalue weighted by molar-refractivity contribution is 0.596. The normalized spacial score (nSPS) is 12.7. The Balaban J connectivity index is 2.64. The number of thioether (sulfide) groups is 1. The molecule has 1 atom stereocenters. The molecular formula is C13H26N4S. The van der Waals surface area contributed by atoms with Crippen LogP contribution in [0.1, 0.15) is 39.3 Å². The van der Waals surface area contributed by atoms with Gasteiger partial charge in [-0.3, -0.25) is 0 Å². The van der Waals surface area contributed by atoms with Crippen LogP contribution in [0.3, 0.4) is 0 Å². The smallest absolute Gasteiger partial charge is 0.148 e. The summed E-state index contributed by atoms with van der Waals surface area (Å²) in [7, 11) is 0. The van der Waals surface area contributed by atoms with Gasteiger partial charge >= 0.3 is 0 Å². The molecule has 1 unspecified atom stereocenters. The summed E-state index contributed by atoms with van der Waals surface area (Å²) in [6.45, 7) is 9.42. The first kappa shape index (κ1) is 15.2. The van der Waals surface area contributed by atoms with Crippen LogP contribution in [-0.4, -0.2) is 27.3 Å². The highest BCUT2D eigenvalue weighted by Gasteiger charge is 2.13. The maximum Gasteiger partial charge on any atom is 0.148 e. The van der Waals surface area contributed by atoms with Crippen LogP contribution in [0, 0.1) is 6.92 Å². The standard InChI is InChI=1S/C13H26N4S/c1-5-8-17-13(12(14)11(4)16-17)15-10(3)7-9-18-6-2/h10,15H,5-9,14H2,1-4H3. The first-order valence-corrected chi connectivity index (χ1v) is 7.92. The minimum absolute atomic E-state index is 0.429. The summed E-state index contributed by atoms with van der Waals surface area (Å²) >= 11 is 1.98. The van der Waals surface area contributed by atoms with Crippen LogP contribution in [0.5, 0.6) is 0 Å². The van der Waals surface area contributed by atoms with E-state index < -0.39 is 0 Å². The Morgan fingerprint density at radius 3 is 2.78 bits per heavy atom. The summed E-state index contributed by atoms with van der Waals surface area (Å²) in [4.78, 5) is 0. The van der Waals surface area contributed by atoms with Crippen molar-refractivity contribution in [1.82, 2.24) is 9.78 Å². The quantitative estimate of drug-likeness (QED) is 0.713. The van der Waals surface area contributed by atoms with Crippen molar-refractivity contribution in [3.63, 3.8) is 0 Å². The SMILES string of the molecule is CCCn1nc(C)c(N)c1NC(C)CCSCC. The zero-order chi connectivity index (χ0) is 13.5. The number of anilines is 2. The van der Waals surface area contributed by atoms with Crippen molar-refractivity contribution >= 4 is 23.3 Å². The van der Waals surface area contributed by atoms with Gasteiger partial charge in [0.05, 0.1) is 11.4 Å². The van der Waals surface area contributed by atoms with Crippen LogP contribution in [0.4, 0.5) is 11.5 Å². The fourth-order valence-electron chi connectivity index (χ4n) is 1.83. The lowest BCUT2D eigenvalue weighted by Gasteiger charge is -2.16. The number of hydrogen-bond donors (Lipinski definition) is 2. The predicted octanol–water partition coefficient (Wildman–Crippen LogP) is 3.13. The summed E-state index contributed by atoms with van der Waals surface area (Å²) in [6.07, 6.45) is 2.21. The molecule has 18 heavy (non-hydrogen) atoms. The molecule has 0 saturated heterocycles. The van der Waals surface area contributed by atoms with E-state index in [4.69, 9.17) is 5.73 Å². The molecule has 1 heterocycles. The molecule has 0 fully saturated rings. The molecule has 3 N–H and O–H groups in total. The number of nitrogen functional groups attached to an aromatic ring is 1. The topological polar surface area (TPSA) is 55.9 Å². The molecule has 0 radical (unpaired) electrons. The van der Waals surface area contributed by atoms with Gasteiger partial charge in [-0.05, 0) is 38.2 Å². The summed E-state index contributed by atoms with van der Waals surface area (Å²) in [5.74, 6) is 3.36. The second kappa shape index (κ2) is 7.56. The van der Waals surface area contributed by atoms with Crippen molar-refractivity contribution in [2.45, 2.75) is 53.1 Å². The number of nitrogens with zero attached hydrogens (tertiary/aromatic N) is 2. The fourth-order valence-corrected chi connectivity index (χ4v) is 2.64. The second-order valence-corrected chi connectivity index (χ2v) is 6.00. The highest BCUT2D eigenvalue weighted by molar-refractivity contribution is 7.99. The van der Waals surface area contributed by atoms with E-state index in [0.717, 1.165) is 36.6 Å². The first-order chi connectivity index (χ1) is 8.60. The van der Waals surface area contributed by atoms with E-state index in [1.165, 1.54) is 11.5 Å². The number of rotatable bonds is 8. The molecule has 0 bridgehead atoms. The van der Waals surface area contributed by atoms with E-state index in [1.807, 2.05) is 23.4 Å². The third kappa shape index (κ3) is 4.12. The van der Waals surface area contributed by atoms with Gasteiger partial charge in [0.15, 0.2) is 0 Å². The predicted molar refractivity (Wildman–Crippen MR) is 82.4 cm³/mol. The van der Waals surface area contributed by atoms with E-state index in [-0.39, 0.29) is 0 Å². The molecule has 0 aliphatic rings. The summed E-state index contributed by atoms with van der Waals surface area (Å²) in [6, 6.07) is 0.429. The molecule has 0 saturated carbocycles.